The normalized spacial score (nSPS) is 14.9. The summed E-state index contributed by atoms with van der Waals surface area (Å²) in [7, 11) is 1.94. The number of nitrogens with one attached hydrogen (secondary N) is 1. The maximum atomic E-state index is 15.9. The highest BCUT2D eigenvalue weighted by molar-refractivity contribution is 7.92. The summed E-state index contributed by atoms with van der Waals surface area (Å²) in [6.07, 6.45) is 8.62. The molecule has 1 fully saturated rings. The second-order valence-electron chi connectivity index (χ2n) is 9.04. The fourth-order valence-corrected chi connectivity index (χ4v) is 6.62. The third-order valence-electron chi connectivity index (χ3n) is 6.61. The summed E-state index contributed by atoms with van der Waals surface area (Å²) in [5.74, 6) is -3.61. The summed E-state index contributed by atoms with van der Waals surface area (Å²) in [5.41, 5.74) is 0.0518. The van der Waals surface area contributed by atoms with Crippen molar-refractivity contribution in [3.8, 4) is 21.7 Å². The van der Waals surface area contributed by atoms with E-state index in [1.807, 2.05) is 7.05 Å². The zero-order valence-electron chi connectivity index (χ0n) is 20.4. The maximum absolute atomic E-state index is 15.9. The van der Waals surface area contributed by atoms with Crippen molar-refractivity contribution in [2.45, 2.75) is 43.0 Å². The van der Waals surface area contributed by atoms with Crippen molar-refractivity contribution in [1.82, 2.24) is 9.97 Å². The highest BCUT2D eigenvalue weighted by Crippen LogP contribution is 2.44. The van der Waals surface area contributed by atoms with E-state index < -0.39 is 45.1 Å². The highest BCUT2D eigenvalue weighted by Gasteiger charge is 2.28. The Morgan fingerprint density at radius 2 is 1.68 bits per heavy atom. The molecular formula is C27H24F4N4OS2. The molecule has 5 nitrogen and oxygen atoms in total. The quantitative estimate of drug-likeness (QED) is 0.189. The smallest absolute Gasteiger partial charge is 0.218 e. The summed E-state index contributed by atoms with van der Waals surface area (Å²) in [6.45, 7) is 0. The van der Waals surface area contributed by atoms with E-state index in [0.29, 0.717) is 15.6 Å². The Morgan fingerprint density at radius 3 is 2.42 bits per heavy atom. The third kappa shape index (κ3) is 5.36. The van der Waals surface area contributed by atoms with E-state index in [4.69, 9.17) is 0 Å². The average Bonchev–Trinajstić information content (AvgIpc) is 3.37. The summed E-state index contributed by atoms with van der Waals surface area (Å²) >= 11 is -1.02. The van der Waals surface area contributed by atoms with Crippen molar-refractivity contribution in [3.63, 3.8) is 0 Å². The largest absolute Gasteiger partial charge is 0.588 e. The molecule has 0 radical (unpaired) electrons. The molecule has 0 bridgehead atoms. The molecule has 38 heavy (non-hydrogen) atoms. The average molecular weight is 561 g/mol. The van der Waals surface area contributed by atoms with Crippen LogP contribution in [-0.2, 0) is 11.4 Å². The van der Waals surface area contributed by atoms with Crippen LogP contribution < -0.4 is 9.62 Å². The van der Waals surface area contributed by atoms with Crippen molar-refractivity contribution in [1.29, 1.82) is 0 Å². The molecule has 0 spiro atoms. The van der Waals surface area contributed by atoms with Crippen LogP contribution in [0.5, 0.6) is 0 Å². The van der Waals surface area contributed by atoms with E-state index in [2.05, 4.69) is 19.6 Å². The second kappa shape index (κ2) is 11.3. The monoisotopic (exact) mass is 560 g/mol. The van der Waals surface area contributed by atoms with Crippen LogP contribution in [0.1, 0.15) is 32.1 Å². The number of rotatable bonds is 7. The zero-order valence-corrected chi connectivity index (χ0v) is 22.0. The van der Waals surface area contributed by atoms with E-state index in [1.165, 1.54) is 17.8 Å². The van der Waals surface area contributed by atoms with Crippen LogP contribution >= 0.6 is 11.3 Å². The first-order chi connectivity index (χ1) is 18.3. The Morgan fingerprint density at radius 1 is 0.974 bits per heavy atom. The van der Waals surface area contributed by atoms with E-state index in [-0.39, 0.29) is 17.4 Å². The lowest BCUT2D eigenvalue weighted by Crippen LogP contribution is -2.33. The van der Waals surface area contributed by atoms with Crippen LogP contribution in [0.4, 0.5) is 28.4 Å². The molecule has 2 aromatic carbocycles. The Hall–Kier alpha value is -3.15. The SMILES string of the molecule is CN(c1nc(-c2c(F)ccc(N[S+]([O-])c3cc(F)ccc3F)c2F)c(-c2ccncc2)s1)C1CCCCC1. The van der Waals surface area contributed by atoms with Gasteiger partial charge in [0.25, 0.3) is 0 Å². The van der Waals surface area contributed by atoms with Crippen LogP contribution in [0, 0.1) is 23.3 Å². The van der Waals surface area contributed by atoms with Gasteiger partial charge in [-0.25, -0.2) is 27.3 Å². The first-order valence-electron chi connectivity index (χ1n) is 12.1. The molecule has 4 aromatic rings. The highest BCUT2D eigenvalue weighted by atomic mass is 32.2. The van der Waals surface area contributed by atoms with Crippen molar-refractivity contribution in [2.75, 3.05) is 16.7 Å². The molecule has 0 amide bonds. The van der Waals surface area contributed by atoms with Crippen LogP contribution in [0.15, 0.2) is 59.8 Å². The fourth-order valence-electron chi connectivity index (χ4n) is 4.58. The van der Waals surface area contributed by atoms with Crippen LogP contribution in [0.2, 0.25) is 0 Å². The summed E-state index contributed by atoms with van der Waals surface area (Å²) in [4.78, 5) is 10.9. The first-order valence-corrected chi connectivity index (χ1v) is 14.1. The van der Waals surface area contributed by atoms with Gasteiger partial charge < -0.3 is 9.45 Å². The fraction of sp³-hybridized carbons (Fsp3) is 0.259. The van der Waals surface area contributed by atoms with Gasteiger partial charge in [-0.2, -0.15) is 0 Å². The van der Waals surface area contributed by atoms with Crippen LogP contribution in [0.3, 0.4) is 0 Å². The number of pyridine rings is 1. The lowest BCUT2D eigenvalue weighted by molar-refractivity contribution is 0.427. The topological polar surface area (TPSA) is 64.1 Å². The van der Waals surface area contributed by atoms with Crippen LogP contribution in [-0.4, -0.2) is 27.6 Å². The van der Waals surface area contributed by atoms with Gasteiger partial charge in [0, 0.05) is 31.5 Å². The van der Waals surface area contributed by atoms with Crippen LogP contribution in [0.25, 0.3) is 21.7 Å². The van der Waals surface area contributed by atoms with E-state index in [9.17, 15) is 13.3 Å². The number of benzene rings is 2. The van der Waals surface area contributed by atoms with Gasteiger partial charge in [0.2, 0.25) is 4.90 Å². The van der Waals surface area contributed by atoms with E-state index in [1.54, 1.807) is 24.5 Å². The predicted octanol–water partition coefficient (Wildman–Crippen LogP) is 7.33. The number of thiazole rings is 1. The van der Waals surface area contributed by atoms with Gasteiger partial charge in [0.05, 0.1) is 16.1 Å². The molecular weight excluding hydrogens is 536 g/mol. The van der Waals surface area contributed by atoms with Crippen molar-refractivity contribution in [3.05, 3.63) is 78.1 Å². The van der Waals surface area contributed by atoms with Crippen molar-refractivity contribution in [2.24, 2.45) is 0 Å². The summed E-state index contributed by atoms with van der Waals surface area (Å²) in [5, 5.41) is 0.626. The number of anilines is 2. The third-order valence-corrected chi connectivity index (χ3v) is 8.92. The van der Waals surface area contributed by atoms with Gasteiger partial charge >= 0.3 is 0 Å². The number of halogens is 4. The number of hydrogen-bond acceptors (Lipinski definition) is 6. The number of hydrogen-bond donors (Lipinski definition) is 1. The summed E-state index contributed by atoms with van der Waals surface area (Å²) < 4.78 is 73.9. The van der Waals surface area contributed by atoms with E-state index in [0.717, 1.165) is 56.0 Å². The Balaban J connectivity index is 1.57. The molecule has 5 rings (SSSR count). The number of aromatic nitrogens is 2. The van der Waals surface area contributed by atoms with Gasteiger partial charge in [0.15, 0.2) is 16.8 Å². The van der Waals surface area contributed by atoms with Gasteiger partial charge in [-0.3, -0.25) is 4.98 Å². The van der Waals surface area contributed by atoms with Gasteiger partial charge in [-0.05, 0) is 54.8 Å². The standard InChI is InChI=1S/C27H24F4N4OS2/c1-35(18-5-3-2-4-6-18)27-33-25(26(37-27)16-11-13-32-14-12-16)23-20(30)9-10-21(24(23)31)34-38(36)22-15-17(28)7-8-19(22)29/h7-15,18,34H,2-6H2,1H3. The Bertz CT molecular complexity index is 1430. The molecule has 1 saturated carbocycles. The minimum atomic E-state index is -2.35. The van der Waals surface area contributed by atoms with Crippen molar-refractivity contribution >= 4 is 33.5 Å². The first kappa shape index (κ1) is 26.5. The van der Waals surface area contributed by atoms with E-state index >= 15 is 8.78 Å². The Labute approximate surface area is 224 Å². The maximum Gasteiger partial charge on any atom is 0.218 e. The molecule has 1 aliphatic rings. The summed E-state index contributed by atoms with van der Waals surface area (Å²) in [6, 6.07) is 8.32. The van der Waals surface area contributed by atoms with Gasteiger partial charge in [-0.1, -0.05) is 30.6 Å². The molecule has 0 aliphatic heterocycles. The molecule has 198 valence electrons. The minimum Gasteiger partial charge on any atom is -0.588 e. The second-order valence-corrected chi connectivity index (χ2v) is 11.2. The van der Waals surface area contributed by atoms with Gasteiger partial charge in [-0.15, -0.1) is 0 Å². The van der Waals surface area contributed by atoms with Gasteiger partial charge in [0.1, 0.15) is 28.7 Å². The zero-order chi connectivity index (χ0) is 26.8. The molecule has 2 heterocycles. The molecule has 1 unspecified atom stereocenters. The predicted molar refractivity (Wildman–Crippen MR) is 142 cm³/mol. The molecule has 1 aliphatic carbocycles. The molecule has 1 atom stereocenters. The number of nitrogens with zero attached hydrogens (tertiary/aromatic N) is 3. The Kier molecular flexibility index (Phi) is 7.87. The molecule has 1 N–H and O–H groups in total. The molecule has 2 aromatic heterocycles. The van der Waals surface area contributed by atoms with Crippen molar-refractivity contribution < 1.29 is 22.1 Å². The molecule has 0 saturated heterocycles. The molecule has 11 heteroatoms. The lowest BCUT2D eigenvalue weighted by Gasteiger charge is -2.30. The lowest BCUT2D eigenvalue weighted by atomic mass is 9.95. The minimum absolute atomic E-state index is 0.0974.